The van der Waals surface area contributed by atoms with Gasteiger partial charge in [-0.05, 0) is 24.7 Å². The summed E-state index contributed by atoms with van der Waals surface area (Å²) in [6.45, 7) is 8.88. The van der Waals surface area contributed by atoms with Gasteiger partial charge in [0.05, 0.1) is 19.4 Å². The van der Waals surface area contributed by atoms with Crippen LogP contribution in [0.1, 0.15) is 47.0 Å². The maximum absolute atomic E-state index is 12.5. The number of carbonyl (C=O) groups excluding carboxylic acids is 1. The van der Waals surface area contributed by atoms with Crippen LogP contribution in [0, 0.1) is 11.8 Å². The van der Waals surface area contributed by atoms with Crippen molar-refractivity contribution >= 4 is 13.5 Å². The SMILES string of the molecule is CC(C)CCOP(=O)(CCC(=O)NO)OCCC(C)C. The number of rotatable bonds is 11. The van der Waals surface area contributed by atoms with Crippen LogP contribution in [0.4, 0.5) is 0 Å². The van der Waals surface area contributed by atoms with E-state index in [4.69, 9.17) is 14.3 Å². The van der Waals surface area contributed by atoms with E-state index >= 15 is 0 Å². The molecule has 1 amide bonds. The highest BCUT2D eigenvalue weighted by Crippen LogP contribution is 2.49. The summed E-state index contributed by atoms with van der Waals surface area (Å²) in [7, 11) is -3.27. The summed E-state index contributed by atoms with van der Waals surface area (Å²) in [6.07, 6.45) is 1.46. The molecular formula is C13H28NO5P. The highest BCUT2D eigenvalue weighted by Gasteiger charge is 2.25. The molecule has 0 aliphatic rings. The van der Waals surface area contributed by atoms with Gasteiger partial charge in [-0.15, -0.1) is 0 Å². The smallest absolute Gasteiger partial charge is 0.309 e. The van der Waals surface area contributed by atoms with Crippen molar-refractivity contribution in [2.24, 2.45) is 11.8 Å². The van der Waals surface area contributed by atoms with Crippen LogP contribution < -0.4 is 5.48 Å². The lowest BCUT2D eigenvalue weighted by atomic mass is 10.2. The molecule has 0 atom stereocenters. The Bertz CT molecular complexity index is 302. The predicted octanol–water partition coefficient (Wildman–Crippen LogP) is 3.20. The lowest BCUT2D eigenvalue weighted by Crippen LogP contribution is -2.20. The van der Waals surface area contributed by atoms with Gasteiger partial charge in [0.25, 0.3) is 0 Å². The van der Waals surface area contributed by atoms with Crippen LogP contribution in [0.3, 0.4) is 0 Å². The van der Waals surface area contributed by atoms with Crippen molar-refractivity contribution in [3.8, 4) is 0 Å². The average Bonchev–Trinajstić information content (AvgIpc) is 2.35. The van der Waals surface area contributed by atoms with Crippen LogP contribution in [0.5, 0.6) is 0 Å². The monoisotopic (exact) mass is 309 g/mol. The molecule has 0 aromatic carbocycles. The van der Waals surface area contributed by atoms with Gasteiger partial charge >= 0.3 is 7.60 Å². The lowest BCUT2D eigenvalue weighted by molar-refractivity contribution is -0.128. The zero-order chi connectivity index (χ0) is 15.6. The molecule has 2 N–H and O–H groups in total. The van der Waals surface area contributed by atoms with Gasteiger partial charge in [-0.3, -0.25) is 14.6 Å². The molecule has 7 heteroatoms. The van der Waals surface area contributed by atoms with E-state index in [-0.39, 0.29) is 12.6 Å². The van der Waals surface area contributed by atoms with Gasteiger partial charge in [-0.1, -0.05) is 27.7 Å². The van der Waals surface area contributed by atoms with Crippen LogP contribution in [0.25, 0.3) is 0 Å². The second-order valence-corrected chi connectivity index (χ2v) is 7.84. The molecule has 0 aromatic rings. The van der Waals surface area contributed by atoms with E-state index in [1.165, 1.54) is 5.48 Å². The van der Waals surface area contributed by atoms with E-state index in [0.29, 0.717) is 25.0 Å². The fourth-order valence-corrected chi connectivity index (χ4v) is 2.89. The number of amides is 1. The van der Waals surface area contributed by atoms with Crippen LogP contribution in [-0.4, -0.2) is 30.5 Å². The predicted molar refractivity (Wildman–Crippen MR) is 77.8 cm³/mol. The summed E-state index contributed by atoms with van der Waals surface area (Å²) in [5, 5.41) is 8.46. The molecule has 0 rings (SSSR count). The van der Waals surface area contributed by atoms with Gasteiger partial charge in [0.2, 0.25) is 5.91 Å². The van der Waals surface area contributed by atoms with Gasteiger partial charge in [0.1, 0.15) is 0 Å². The lowest BCUT2D eigenvalue weighted by Gasteiger charge is -2.19. The summed E-state index contributed by atoms with van der Waals surface area (Å²) in [6, 6.07) is 0. The van der Waals surface area contributed by atoms with E-state index in [1.807, 2.05) is 27.7 Å². The highest BCUT2D eigenvalue weighted by atomic mass is 31.2. The normalized spacial score (nSPS) is 12.2. The molecule has 0 aromatic heterocycles. The maximum atomic E-state index is 12.5. The van der Waals surface area contributed by atoms with Crippen molar-refractivity contribution < 1.29 is 23.6 Å². The minimum absolute atomic E-state index is 0.0183. The highest BCUT2D eigenvalue weighted by molar-refractivity contribution is 7.53. The third-order valence-corrected chi connectivity index (χ3v) is 4.63. The van der Waals surface area contributed by atoms with Crippen molar-refractivity contribution in [2.45, 2.75) is 47.0 Å². The Labute approximate surface area is 121 Å². The maximum Gasteiger partial charge on any atom is 0.331 e. The molecular weight excluding hydrogens is 281 g/mol. The zero-order valence-electron chi connectivity index (χ0n) is 12.9. The first-order valence-corrected chi connectivity index (χ1v) is 8.83. The van der Waals surface area contributed by atoms with Crippen LogP contribution >= 0.6 is 7.60 Å². The number of carbonyl (C=O) groups is 1. The zero-order valence-corrected chi connectivity index (χ0v) is 13.8. The second kappa shape index (κ2) is 10.3. The van der Waals surface area contributed by atoms with E-state index in [0.717, 1.165) is 12.8 Å². The molecule has 0 aliphatic carbocycles. The summed E-state index contributed by atoms with van der Waals surface area (Å²) in [5.74, 6) is 0.296. The summed E-state index contributed by atoms with van der Waals surface area (Å²) < 4.78 is 23.3. The van der Waals surface area contributed by atoms with E-state index in [1.54, 1.807) is 0 Å². The number of hydroxylamine groups is 1. The Morgan fingerprint density at radius 2 is 1.55 bits per heavy atom. The van der Waals surface area contributed by atoms with Gasteiger partial charge in [-0.2, -0.15) is 0 Å². The van der Waals surface area contributed by atoms with Crippen LogP contribution in [0.2, 0.25) is 0 Å². The molecule has 0 spiro atoms. The van der Waals surface area contributed by atoms with Gasteiger partial charge in [0, 0.05) is 6.42 Å². The van der Waals surface area contributed by atoms with Gasteiger partial charge in [-0.25, -0.2) is 5.48 Å². The van der Waals surface area contributed by atoms with Crippen molar-refractivity contribution in [1.29, 1.82) is 0 Å². The van der Waals surface area contributed by atoms with Crippen molar-refractivity contribution in [2.75, 3.05) is 19.4 Å². The molecule has 0 bridgehead atoms. The Morgan fingerprint density at radius 1 is 1.10 bits per heavy atom. The van der Waals surface area contributed by atoms with Crippen molar-refractivity contribution in [1.82, 2.24) is 5.48 Å². The largest absolute Gasteiger partial charge is 0.331 e. The summed E-state index contributed by atoms with van der Waals surface area (Å²) in [4.78, 5) is 11.0. The standard InChI is InChI=1S/C13H28NO5P/c1-11(2)5-8-18-20(17,10-7-13(15)14-16)19-9-6-12(3)4/h11-12,16H,5-10H2,1-4H3,(H,14,15). The number of hydrogen-bond acceptors (Lipinski definition) is 5. The molecule has 0 unspecified atom stereocenters. The Morgan fingerprint density at radius 3 is 1.90 bits per heavy atom. The summed E-state index contributed by atoms with van der Waals surface area (Å²) >= 11 is 0. The van der Waals surface area contributed by atoms with Gasteiger partial charge in [0.15, 0.2) is 0 Å². The van der Waals surface area contributed by atoms with Crippen LogP contribution in [0.15, 0.2) is 0 Å². The molecule has 0 saturated carbocycles. The molecule has 0 heterocycles. The first kappa shape index (κ1) is 19.6. The fraction of sp³-hybridized carbons (Fsp3) is 0.923. The van der Waals surface area contributed by atoms with Crippen molar-refractivity contribution in [3.05, 3.63) is 0 Å². The molecule has 120 valence electrons. The average molecular weight is 309 g/mol. The quantitative estimate of drug-likeness (QED) is 0.348. The van der Waals surface area contributed by atoms with Crippen molar-refractivity contribution in [3.63, 3.8) is 0 Å². The Hall–Kier alpha value is -0.420. The Balaban J connectivity index is 4.33. The third-order valence-electron chi connectivity index (χ3n) is 2.70. The van der Waals surface area contributed by atoms with E-state index in [2.05, 4.69) is 0 Å². The topological polar surface area (TPSA) is 84.9 Å². The molecule has 0 fully saturated rings. The molecule has 0 saturated heterocycles. The van der Waals surface area contributed by atoms with Gasteiger partial charge < -0.3 is 9.05 Å². The third kappa shape index (κ3) is 10.4. The molecule has 20 heavy (non-hydrogen) atoms. The first-order chi connectivity index (χ1) is 9.29. The van der Waals surface area contributed by atoms with E-state index in [9.17, 15) is 9.36 Å². The first-order valence-electron chi connectivity index (χ1n) is 7.10. The molecule has 6 nitrogen and oxygen atoms in total. The van der Waals surface area contributed by atoms with E-state index < -0.39 is 13.5 Å². The minimum atomic E-state index is -3.27. The second-order valence-electron chi connectivity index (χ2n) is 5.65. The fourth-order valence-electron chi connectivity index (χ4n) is 1.32. The molecule has 0 radical (unpaired) electrons. The van der Waals surface area contributed by atoms with Crippen LogP contribution in [-0.2, 0) is 18.4 Å². The molecule has 0 aliphatic heterocycles. The summed E-state index contributed by atoms with van der Waals surface area (Å²) in [5.41, 5.74) is 1.52. The Kier molecular flexibility index (Phi) is 10.1. The number of hydrogen-bond donors (Lipinski definition) is 2. The minimum Gasteiger partial charge on any atom is -0.309 e. The number of nitrogens with one attached hydrogen (secondary N) is 1.